The van der Waals surface area contributed by atoms with E-state index in [9.17, 15) is 13.8 Å². The molecular weight excluding hydrogens is 330 g/mol. The Kier molecular flexibility index (Phi) is 4.28. The zero-order chi connectivity index (χ0) is 17.3. The van der Waals surface area contributed by atoms with Crippen LogP contribution in [-0.4, -0.2) is 30.4 Å². The number of benzene rings is 1. The van der Waals surface area contributed by atoms with Gasteiger partial charge >= 0.3 is 11.9 Å². The zero-order valence-electron chi connectivity index (χ0n) is 13.4. The largest absolute Gasteiger partial charge is 0.468 e. The number of para-hydroxylation sites is 1. The Hall–Kier alpha value is -2.41. The van der Waals surface area contributed by atoms with Crippen molar-refractivity contribution in [3.8, 4) is 0 Å². The van der Waals surface area contributed by atoms with E-state index >= 15 is 0 Å². The number of carbonyl (C=O) groups is 2. The first-order valence-corrected chi connectivity index (χ1v) is 8.52. The maximum absolute atomic E-state index is 12.5. The van der Waals surface area contributed by atoms with Crippen molar-refractivity contribution in [1.82, 2.24) is 0 Å². The summed E-state index contributed by atoms with van der Waals surface area (Å²) in [5.41, 5.74) is 0.871. The minimum atomic E-state index is -1.41. The highest BCUT2D eigenvalue weighted by Crippen LogP contribution is 2.48. The minimum absolute atomic E-state index is 0.131. The van der Waals surface area contributed by atoms with Crippen LogP contribution in [0.5, 0.6) is 0 Å². The van der Waals surface area contributed by atoms with Crippen molar-refractivity contribution < 1.29 is 23.3 Å². The second kappa shape index (κ2) is 6.24. The molecule has 0 saturated heterocycles. The van der Waals surface area contributed by atoms with Crippen molar-refractivity contribution in [2.45, 2.75) is 12.8 Å². The number of anilines is 1. The van der Waals surface area contributed by atoms with Crippen molar-refractivity contribution in [3.63, 3.8) is 0 Å². The highest BCUT2D eigenvalue weighted by atomic mass is 32.2. The van der Waals surface area contributed by atoms with E-state index in [1.807, 2.05) is 30.3 Å². The lowest BCUT2D eigenvalue weighted by atomic mass is 9.86. The van der Waals surface area contributed by atoms with Crippen LogP contribution in [0.3, 0.4) is 0 Å². The van der Waals surface area contributed by atoms with Crippen LogP contribution in [0, 0.1) is 5.41 Å². The quantitative estimate of drug-likeness (QED) is 0.618. The summed E-state index contributed by atoms with van der Waals surface area (Å²) in [5, 5.41) is 1.58. The number of hydrogen-bond acceptors (Lipinski definition) is 5. The molecule has 7 heteroatoms. The fourth-order valence-electron chi connectivity index (χ4n) is 3.07. The predicted molar refractivity (Wildman–Crippen MR) is 88.9 cm³/mol. The van der Waals surface area contributed by atoms with Gasteiger partial charge in [0, 0.05) is 24.4 Å². The van der Waals surface area contributed by atoms with Gasteiger partial charge in [-0.2, -0.15) is 0 Å². The Labute approximate surface area is 142 Å². The summed E-state index contributed by atoms with van der Waals surface area (Å²) < 4.78 is 23.8. The number of ether oxygens (including phenoxy) is 2. The van der Waals surface area contributed by atoms with Crippen LogP contribution in [0.25, 0.3) is 0 Å². The van der Waals surface area contributed by atoms with Crippen LogP contribution in [0.2, 0.25) is 0 Å². The Balaban J connectivity index is 2.00. The lowest BCUT2D eigenvalue weighted by molar-refractivity contribution is -0.168. The third-order valence-corrected chi connectivity index (χ3v) is 5.46. The Morgan fingerprint density at radius 1 is 1.04 bits per heavy atom. The fraction of sp³-hybridized carbons (Fsp3) is 0.294. The van der Waals surface area contributed by atoms with Gasteiger partial charge in [0.05, 0.1) is 19.9 Å². The molecule has 1 aliphatic heterocycles. The fourth-order valence-corrected chi connectivity index (χ4v) is 4.23. The summed E-state index contributed by atoms with van der Waals surface area (Å²) >= 11 is 0. The molecule has 1 aromatic rings. The first kappa shape index (κ1) is 16.4. The summed E-state index contributed by atoms with van der Waals surface area (Å²) in [6, 6.07) is 9.27. The molecule has 1 unspecified atom stereocenters. The van der Waals surface area contributed by atoms with Gasteiger partial charge in [-0.05, 0) is 23.3 Å². The molecular formula is C17H17NO5S. The Morgan fingerprint density at radius 2 is 1.62 bits per heavy atom. The molecule has 126 valence electrons. The summed E-state index contributed by atoms with van der Waals surface area (Å²) in [6.07, 6.45) is 2.03. The summed E-state index contributed by atoms with van der Waals surface area (Å²) in [4.78, 5) is 24.5. The highest BCUT2D eigenvalue weighted by Gasteiger charge is 2.54. The molecule has 0 aromatic heterocycles. The summed E-state index contributed by atoms with van der Waals surface area (Å²) in [7, 11) is 1.07. The van der Waals surface area contributed by atoms with Gasteiger partial charge in [0.2, 0.25) is 0 Å². The van der Waals surface area contributed by atoms with Crippen molar-refractivity contribution in [2.24, 2.45) is 5.41 Å². The first-order chi connectivity index (χ1) is 11.5. The highest BCUT2D eigenvalue weighted by molar-refractivity contribution is 7.89. The maximum Gasteiger partial charge on any atom is 0.323 e. The molecule has 3 rings (SSSR count). The normalized spacial score (nSPS) is 21.4. The molecule has 0 radical (unpaired) electrons. The van der Waals surface area contributed by atoms with E-state index < -0.39 is 28.3 Å². The van der Waals surface area contributed by atoms with Gasteiger partial charge < -0.3 is 9.47 Å². The topological polar surface area (TPSA) is 72.9 Å². The first-order valence-electron chi connectivity index (χ1n) is 7.35. The molecule has 24 heavy (non-hydrogen) atoms. The van der Waals surface area contributed by atoms with Gasteiger partial charge in [0.15, 0.2) is 5.41 Å². The van der Waals surface area contributed by atoms with Crippen molar-refractivity contribution in [3.05, 3.63) is 53.1 Å². The van der Waals surface area contributed by atoms with Gasteiger partial charge in [-0.3, -0.25) is 13.9 Å². The van der Waals surface area contributed by atoms with E-state index in [1.165, 1.54) is 14.2 Å². The number of nitrogens with zero attached hydrogens (tertiary/aromatic N) is 1. The molecule has 1 atom stereocenters. The van der Waals surface area contributed by atoms with Crippen LogP contribution < -0.4 is 4.31 Å². The average molecular weight is 347 g/mol. The molecule has 0 spiro atoms. The average Bonchev–Trinajstić information content (AvgIpc) is 2.99. The number of allylic oxidation sites excluding steroid dienone is 2. The molecule has 0 amide bonds. The van der Waals surface area contributed by atoms with Crippen molar-refractivity contribution in [2.75, 3.05) is 18.5 Å². The van der Waals surface area contributed by atoms with Gasteiger partial charge in [-0.1, -0.05) is 18.2 Å². The van der Waals surface area contributed by atoms with Crippen LogP contribution in [0.1, 0.15) is 12.8 Å². The third kappa shape index (κ3) is 2.54. The van der Waals surface area contributed by atoms with Crippen molar-refractivity contribution >= 4 is 28.6 Å². The Morgan fingerprint density at radius 3 is 2.21 bits per heavy atom. The smallest absolute Gasteiger partial charge is 0.323 e. The van der Waals surface area contributed by atoms with E-state index in [4.69, 9.17) is 9.47 Å². The molecule has 1 aromatic carbocycles. The number of esters is 2. The second-order valence-corrected chi connectivity index (χ2v) is 6.84. The van der Waals surface area contributed by atoms with Gasteiger partial charge in [-0.25, -0.2) is 4.21 Å². The van der Waals surface area contributed by atoms with E-state index in [1.54, 1.807) is 15.9 Å². The molecule has 1 saturated carbocycles. The van der Waals surface area contributed by atoms with E-state index in [0.717, 1.165) is 16.8 Å². The molecule has 0 N–H and O–H groups in total. The van der Waals surface area contributed by atoms with Crippen LogP contribution in [0.4, 0.5) is 5.69 Å². The van der Waals surface area contributed by atoms with Crippen molar-refractivity contribution in [1.29, 1.82) is 0 Å². The molecule has 0 bridgehead atoms. The number of fused-ring (bicyclic) bond motifs is 1. The third-order valence-electron chi connectivity index (χ3n) is 4.27. The lowest BCUT2D eigenvalue weighted by Gasteiger charge is -2.22. The molecule has 1 fully saturated rings. The lowest BCUT2D eigenvalue weighted by Crippen LogP contribution is -2.38. The van der Waals surface area contributed by atoms with Gasteiger partial charge in [-0.15, -0.1) is 0 Å². The predicted octanol–water partition coefficient (Wildman–Crippen LogP) is 2.06. The van der Waals surface area contributed by atoms with E-state index in [-0.39, 0.29) is 12.8 Å². The molecule has 2 aliphatic rings. The number of hydrogen-bond donors (Lipinski definition) is 0. The number of rotatable bonds is 3. The molecule has 6 nitrogen and oxygen atoms in total. The SMILES string of the molecule is COC(=O)C1(C(=O)OC)CC2=CN(c3ccccc3)S(=O)C=C2C1. The van der Waals surface area contributed by atoms with Crippen LogP contribution in [-0.2, 0) is 30.0 Å². The monoisotopic (exact) mass is 347 g/mol. The second-order valence-electron chi connectivity index (χ2n) is 5.65. The zero-order valence-corrected chi connectivity index (χ0v) is 14.2. The molecule has 1 aliphatic carbocycles. The van der Waals surface area contributed by atoms with Gasteiger partial charge in [0.25, 0.3) is 0 Å². The van der Waals surface area contributed by atoms with Gasteiger partial charge in [0.1, 0.15) is 11.0 Å². The Bertz CT molecular complexity index is 752. The maximum atomic E-state index is 12.5. The van der Waals surface area contributed by atoms with Crippen LogP contribution in [0.15, 0.2) is 53.1 Å². The molecule has 1 heterocycles. The number of methoxy groups -OCH3 is 2. The summed E-state index contributed by atoms with van der Waals surface area (Å²) in [6.45, 7) is 0. The summed E-state index contributed by atoms with van der Waals surface area (Å²) in [5.74, 6) is -1.27. The number of carbonyl (C=O) groups excluding carboxylic acids is 2. The van der Waals surface area contributed by atoms with E-state index in [2.05, 4.69) is 0 Å². The van der Waals surface area contributed by atoms with Crippen LogP contribution >= 0.6 is 0 Å². The minimum Gasteiger partial charge on any atom is -0.468 e. The van der Waals surface area contributed by atoms with E-state index in [0.29, 0.717) is 0 Å². The standard InChI is InChI=1S/C17H17NO5S/c1-22-15(19)17(16(20)23-2)8-12-10-18(14-6-4-3-5-7-14)24(21)11-13(12)9-17/h3-7,10-11H,8-9H2,1-2H3.